The summed E-state index contributed by atoms with van der Waals surface area (Å²) in [4.78, 5) is 17.3. The molecule has 1 saturated carbocycles. The van der Waals surface area contributed by atoms with E-state index in [1.54, 1.807) is 0 Å². The van der Waals surface area contributed by atoms with Crippen LogP contribution >= 0.6 is 0 Å². The first kappa shape index (κ1) is 19.8. The summed E-state index contributed by atoms with van der Waals surface area (Å²) in [6.07, 6.45) is 7.09. The molecule has 0 aliphatic heterocycles. The number of carbonyl (C=O) groups is 1. The maximum absolute atomic E-state index is 12.8. The van der Waals surface area contributed by atoms with Gasteiger partial charge in [-0.1, -0.05) is 6.92 Å². The quantitative estimate of drug-likeness (QED) is 0.720. The third-order valence-electron chi connectivity index (χ3n) is 5.12. The Hall–Kier alpha value is -1.92. The van der Waals surface area contributed by atoms with Gasteiger partial charge in [-0.3, -0.25) is 4.79 Å². The fraction of sp³-hybridized carbons (Fsp3) is 0.619. The molecule has 6 heteroatoms. The first-order chi connectivity index (χ1) is 13.1. The van der Waals surface area contributed by atoms with Gasteiger partial charge in [0.2, 0.25) is 0 Å². The predicted molar refractivity (Wildman–Crippen MR) is 105 cm³/mol. The van der Waals surface area contributed by atoms with Crippen LogP contribution in [-0.4, -0.2) is 47.3 Å². The van der Waals surface area contributed by atoms with Crippen LogP contribution in [-0.2, 0) is 9.47 Å². The van der Waals surface area contributed by atoms with Gasteiger partial charge in [0.05, 0.1) is 24.9 Å². The molecule has 1 N–H and O–H groups in total. The van der Waals surface area contributed by atoms with Gasteiger partial charge in [0, 0.05) is 30.2 Å². The molecule has 1 amide bonds. The molecule has 0 unspecified atom stereocenters. The molecule has 6 nitrogen and oxygen atoms in total. The van der Waals surface area contributed by atoms with E-state index in [-0.39, 0.29) is 18.1 Å². The average molecular weight is 373 g/mol. The van der Waals surface area contributed by atoms with Crippen LogP contribution in [0.2, 0.25) is 0 Å². The molecule has 2 heterocycles. The first-order valence-corrected chi connectivity index (χ1v) is 10.0. The molecule has 0 aromatic carbocycles. The number of ether oxygens (including phenoxy) is 2. The maximum Gasteiger partial charge on any atom is 0.255 e. The van der Waals surface area contributed by atoms with E-state index in [1.165, 1.54) is 0 Å². The van der Waals surface area contributed by atoms with Crippen molar-refractivity contribution in [1.29, 1.82) is 0 Å². The van der Waals surface area contributed by atoms with E-state index in [2.05, 4.69) is 17.2 Å². The second-order valence-electron chi connectivity index (χ2n) is 7.39. The second kappa shape index (κ2) is 9.33. The van der Waals surface area contributed by atoms with Gasteiger partial charge in [0.1, 0.15) is 5.65 Å². The van der Waals surface area contributed by atoms with E-state index in [4.69, 9.17) is 9.47 Å². The van der Waals surface area contributed by atoms with Crippen LogP contribution in [0.25, 0.3) is 5.65 Å². The topological polar surface area (TPSA) is 64.9 Å². The Bertz CT molecular complexity index is 763. The smallest absolute Gasteiger partial charge is 0.255 e. The Balaban J connectivity index is 1.49. The number of amides is 1. The number of hydrogen-bond acceptors (Lipinski definition) is 4. The lowest BCUT2D eigenvalue weighted by Crippen LogP contribution is -2.39. The Labute approximate surface area is 161 Å². The van der Waals surface area contributed by atoms with E-state index < -0.39 is 0 Å². The molecule has 0 bridgehead atoms. The molecule has 2 aromatic heterocycles. The predicted octanol–water partition coefficient (Wildman–Crippen LogP) is 3.44. The molecule has 1 aliphatic rings. The van der Waals surface area contributed by atoms with Crippen LogP contribution in [0.15, 0.2) is 18.3 Å². The van der Waals surface area contributed by atoms with Gasteiger partial charge in [0.15, 0.2) is 0 Å². The molecule has 1 aliphatic carbocycles. The Morgan fingerprint density at radius 3 is 2.74 bits per heavy atom. The van der Waals surface area contributed by atoms with Crippen LogP contribution in [0.1, 0.15) is 60.8 Å². The van der Waals surface area contributed by atoms with Crippen molar-refractivity contribution in [2.24, 2.45) is 0 Å². The molecule has 0 saturated heterocycles. The van der Waals surface area contributed by atoms with Crippen LogP contribution < -0.4 is 5.32 Å². The standard InChI is InChI=1S/C21H31N3O3/c1-4-11-26-12-13-27-18-7-5-17(6-8-18)23-21(25)19-9-10-24-16(3)14-15(2)22-20(19)24/h9-10,14,17-18H,4-8,11-13H2,1-3H3,(H,23,25)/t17-,18-. The molecular weight excluding hydrogens is 342 g/mol. The maximum atomic E-state index is 12.8. The fourth-order valence-electron chi connectivity index (χ4n) is 3.73. The number of rotatable bonds is 8. The zero-order valence-corrected chi connectivity index (χ0v) is 16.7. The highest BCUT2D eigenvalue weighted by Gasteiger charge is 2.24. The van der Waals surface area contributed by atoms with Crippen LogP contribution in [0.3, 0.4) is 0 Å². The highest BCUT2D eigenvalue weighted by molar-refractivity contribution is 6.00. The minimum Gasteiger partial charge on any atom is -0.379 e. The van der Waals surface area contributed by atoms with E-state index >= 15 is 0 Å². The van der Waals surface area contributed by atoms with Crippen molar-refractivity contribution in [1.82, 2.24) is 14.7 Å². The van der Waals surface area contributed by atoms with Crippen molar-refractivity contribution in [2.45, 2.75) is 65.0 Å². The third-order valence-corrected chi connectivity index (χ3v) is 5.12. The van der Waals surface area contributed by atoms with E-state index in [1.807, 2.05) is 36.6 Å². The van der Waals surface area contributed by atoms with Gasteiger partial charge < -0.3 is 19.2 Å². The Morgan fingerprint density at radius 1 is 1.22 bits per heavy atom. The molecular formula is C21H31N3O3. The van der Waals surface area contributed by atoms with Gasteiger partial charge in [0.25, 0.3) is 5.91 Å². The minimum absolute atomic E-state index is 0.0349. The van der Waals surface area contributed by atoms with Gasteiger partial charge >= 0.3 is 0 Å². The van der Waals surface area contributed by atoms with Gasteiger partial charge in [-0.2, -0.15) is 0 Å². The molecule has 3 rings (SSSR count). The lowest BCUT2D eigenvalue weighted by molar-refractivity contribution is -0.0132. The van der Waals surface area contributed by atoms with Crippen LogP contribution in [0, 0.1) is 13.8 Å². The summed E-state index contributed by atoms with van der Waals surface area (Å²) in [5.41, 5.74) is 3.38. The molecule has 148 valence electrons. The number of aromatic nitrogens is 2. The normalized spacial score (nSPS) is 20.1. The second-order valence-corrected chi connectivity index (χ2v) is 7.39. The van der Waals surface area contributed by atoms with E-state index in [0.717, 1.165) is 55.7 Å². The lowest BCUT2D eigenvalue weighted by atomic mass is 9.93. The monoisotopic (exact) mass is 373 g/mol. The highest BCUT2D eigenvalue weighted by Crippen LogP contribution is 2.22. The number of fused-ring (bicyclic) bond motifs is 1. The number of nitrogens with zero attached hydrogens (tertiary/aromatic N) is 2. The summed E-state index contributed by atoms with van der Waals surface area (Å²) in [6.45, 7) is 8.20. The lowest BCUT2D eigenvalue weighted by Gasteiger charge is -2.29. The SMILES string of the molecule is CCCOCCO[C@H]1CC[C@H](NC(=O)c2ccn3c(C)cc(C)nc23)CC1. The van der Waals surface area contributed by atoms with Gasteiger partial charge in [-0.25, -0.2) is 4.98 Å². The summed E-state index contributed by atoms with van der Waals surface area (Å²) in [5, 5.41) is 3.18. The summed E-state index contributed by atoms with van der Waals surface area (Å²) < 4.78 is 13.3. The number of nitrogens with one attached hydrogen (secondary N) is 1. The van der Waals surface area contributed by atoms with Crippen molar-refractivity contribution >= 4 is 11.6 Å². The van der Waals surface area contributed by atoms with E-state index in [0.29, 0.717) is 18.8 Å². The Morgan fingerprint density at radius 2 is 2.00 bits per heavy atom. The molecule has 0 spiro atoms. The first-order valence-electron chi connectivity index (χ1n) is 10.0. The summed E-state index contributed by atoms with van der Waals surface area (Å²) in [7, 11) is 0. The molecule has 1 fully saturated rings. The van der Waals surface area contributed by atoms with Crippen molar-refractivity contribution in [2.75, 3.05) is 19.8 Å². The fourth-order valence-corrected chi connectivity index (χ4v) is 3.73. The third kappa shape index (κ3) is 5.08. The zero-order chi connectivity index (χ0) is 19.2. The van der Waals surface area contributed by atoms with Crippen molar-refractivity contribution in [3.63, 3.8) is 0 Å². The summed E-state index contributed by atoms with van der Waals surface area (Å²) >= 11 is 0. The molecule has 27 heavy (non-hydrogen) atoms. The van der Waals surface area contributed by atoms with Gasteiger partial charge in [-0.05, 0) is 58.1 Å². The van der Waals surface area contributed by atoms with Crippen molar-refractivity contribution < 1.29 is 14.3 Å². The summed E-state index contributed by atoms with van der Waals surface area (Å²) in [6, 6.07) is 4.08. The largest absolute Gasteiger partial charge is 0.379 e. The summed E-state index contributed by atoms with van der Waals surface area (Å²) in [5.74, 6) is -0.0349. The molecule has 2 aromatic rings. The molecule has 0 radical (unpaired) electrons. The van der Waals surface area contributed by atoms with Gasteiger partial charge in [-0.15, -0.1) is 0 Å². The van der Waals surface area contributed by atoms with Crippen LogP contribution in [0.4, 0.5) is 0 Å². The highest BCUT2D eigenvalue weighted by atomic mass is 16.5. The van der Waals surface area contributed by atoms with Crippen LogP contribution in [0.5, 0.6) is 0 Å². The van der Waals surface area contributed by atoms with E-state index in [9.17, 15) is 4.79 Å². The molecule has 0 atom stereocenters. The minimum atomic E-state index is -0.0349. The average Bonchev–Trinajstić information content (AvgIpc) is 3.07. The Kier molecular flexibility index (Phi) is 6.85. The number of hydrogen-bond donors (Lipinski definition) is 1. The number of carbonyl (C=O) groups excluding carboxylic acids is 1. The van der Waals surface area contributed by atoms with Crippen molar-refractivity contribution in [3.8, 4) is 0 Å². The number of aryl methyl sites for hydroxylation is 2. The zero-order valence-electron chi connectivity index (χ0n) is 16.7. The van der Waals surface area contributed by atoms with Crippen molar-refractivity contribution in [3.05, 3.63) is 35.3 Å².